The van der Waals surface area contributed by atoms with E-state index >= 15 is 0 Å². The van der Waals surface area contributed by atoms with Crippen LogP contribution in [-0.4, -0.2) is 26.6 Å². The summed E-state index contributed by atoms with van der Waals surface area (Å²) in [6, 6.07) is 22.1. The lowest BCUT2D eigenvalue weighted by Crippen LogP contribution is -3.08. The first-order chi connectivity index (χ1) is 12.2. The van der Waals surface area contributed by atoms with Gasteiger partial charge >= 0.3 is 0 Å². The molecule has 0 saturated heterocycles. The molecule has 0 spiro atoms. The Morgan fingerprint density at radius 1 is 1.04 bits per heavy atom. The molecule has 128 valence electrons. The molecule has 0 aliphatic carbocycles. The second-order valence-corrected chi connectivity index (χ2v) is 6.23. The van der Waals surface area contributed by atoms with Crippen LogP contribution in [-0.2, 0) is 11.3 Å². The Morgan fingerprint density at radius 2 is 1.80 bits per heavy atom. The second kappa shape index (κ2) is 7.81. The zero-order chi connectivity index (χ0) is 17.6. The van der Waals surface area contributed by atoms with Crippen LogP contribution in [0.1, 0.15) is 5.56 Å². The highest BCUT2D eigenvalue weighted by atomic mass is 16.5. The molecule has 1 amide bonds. The molecule has 25 heavy (non-hydrogen) atoms. The maximum absolute atomic E-state index is 12.3. The summed E-state index contributed by atoms with van der Waals surface area (Å²) in [6.45, 7) is 1.20. The van der Waals surface area contributed by atoms with Crippen LogP contribution in [0.4, 0.5) is 5.69 Å². The third-order valence-corrected chi connectivity index (χ3v) is 4.19. The van der Waals surface area contributed by atoms with Gasteiger partial charge in [-0.05, 0) is 22.9 Å². The van der Waals surface area contributed by atoms with E-state index in [-0.39, 0.29) is 5.91 Å². The molecule has 1 atom stereocenters. The predicted octanol–water partition coefficient (Wildman–Crippen LogP) is 2.50. The first-order valence-electron chi connectivity index (χ1n) is 8.37. The van der Waals surface area contributed by atoms with Gasteiger partial charge in [0.2, 0.25) is 0 Å². The number of methoxy groups -OCH3 is 1. The van der Waals surface area contributed by atoms with Gasteiger partial charge in [0.25, 0.3) is 5.91 Å². The largest absolute Gasteiger partial charge is 0.497 e. The van der Waals surface area contributed by atoms with Crippen molar-refractivity contribution >= 4 is 22.4 Å². The number of anilines is 1. The molecule has 0 aliphatic heterocycles. The molecular formula is C21H23N2O2+. The Hall–Kier alpha value is -2.85. The molecule has 3 rings (SSSR count). The highest BCUT2D eigenvalue weighted by Gasteiger charge is 2.12. The first-order valence-corrected chi connectivity index (χ1v) is 8.37. The van der Waals surface area contributed by atoms with E-state index in [1.54, 1.807) is 7.11 Å². The zero-order valence-corrected chi connectivity index (χ0v) is 14.6. The maximum atomic E-state index is 12.3. The molecule has 4 heteroatoms. The lowest BCUT2D eigenvalue weighted by atomic mass is 10.0. The molecule has 4 nitrogen and oxygen atoms in total. The molecule has 2 N–H and O–H groups in total. The lowest BCUT2D eigenvalue weighted by Gasteiger charge is -2.15. The third-order valence-electron chi connectivity index (χ3n) is 4.19. The van der Waals surface area contributed by atoms with Gasteiger partial charge in [0, 0.05) is 17.3 Å². The molecule has 0 bridgehead atoms. The van der Waals surface area contributed by atoms with E-state index in [2.05, 4.69) is 41.7 Å². The van der Waals surface area contributed by atoms with Crippen molar-refractivity contribution in [2.24, 2.45) is 0 Å². The first kappa shape index (κ1) is 17.0. The number of hydrogen-bond donors (Lipinski definition) is 2. The normalized spacial score (nSPS) is 11.9. The number of quaternary nitrogens is 1. The van der Waals surface area contributed by atoms with Crippen LogP contribution in [0.2, 0.25) is 0 Å². The minimum atomic E-state index is -0.00834. The van der Waals surface area contributed by atoms with Crippen LogP contribution < -0.4 is 15.0 Å². The van der Waals surface area contributed by atoms with E-state index in [4.69, 9.17) is 4.74 Å². The Morgan fingerprint density at radius 3 is 2.64 bits per heavy atom. The van der Waals surface area contributed by atoms with Gasteiger partial charge in [-0.25, -0.2) is 0 Å². The van der Waals surface area contributed by atoms with Crippen LogP contribution >= 0.6 is 0 Å². The lowest BCUT2D eigenvalue weighted by molar-refractivity contribution is -0.885. The van der Waals surface area contributed by atoms with Crippen molar-refractivity contribution in [2.45, 2.75) is 6.54 Å². The summed E-state index contributed by atoms with van der Waals surface area (Å²) < 4.78 is 5.18. The summed E-state index contributed by atoms with van der Waals surface area (Å²) in [6.07, 6.45) is 0. The fraction of sp³-hybridized carbons (Fsp3) is 0.190. The molecule has 3 aromatic carbocycles. The van der Waals surface area contributed by atoms with Gasteiger partial charge < -0.3 is 15.0 Å². The minimum absolute atomic E-state index is 0.00834. The van der Waals surface area contributed by atoms with Crippen LogP contribution in [0, 0.1) is 0 Å². The summed E-state index contributed by atoms with van der Waals surface area (Å²) in [4.78, 5) is 13.4. The summed E-state index contributed by atoms with van der Waals surface area (Å²) in [5.74, 6) is 0.722. The Kier molecular flexibility index (Phi) is 5.31. The van der Waals surface area contributed by atoms with Gasteiger partial charge in [-0.2, -0.15) is 0 Å². The van der Waals surface area contributed by atoms with E-state index in [1.807, 2.05) is 37.4 Å². The molecule has 0 aliphatic rings. The highest BCUT2D eigenvalue weighted by Crippen LogP contribution is 2.18. The molecule has 1 unspecified atom stereocenters. The molecule has 0 fully saturated rings. The average Bonchev–Trinajstić information content (AvgIpc) is 2.62. The van der Waals surface area contributed by atoms with Gasteiger partial charge in [-0.15, -0.1) is 0 Å². The van der Waals surface area contributed by atoms with Crippen molar-refractivity contribution in [1.29, 1.82) is 0 Å². The quantitative estimate of drug-likeness (QED) is 0.727. The van der Waals surface area contributed by atoms with Gasteiger partial charge in [-0.3, -0.25) is 4.79 Å². The number of nitrogens with one attached hydrogen (secondary N) is 2. The Labute approximate surface area is 148 Å². The predicted molar refractivity (Wildman–Crippen MR) is 101 cm³/mol. The fourth-order valence-corrected chi connectivity index (χ4v) is 3.01. The third kappa shape index (κ3) is 4.37. The summed E-state index contributed by atoms with van der Waals surface area (Å²) >= 11 is 0. The van der Waals surface area contributed by atoms with Crippen LogP contribution in [0.25, 0.3) is 10.8 Å². The van der Waals surface area contributed by atoms with Gasteiger partial charge in [0.15, 0.2) is 6.54 Å². The topological polar surface area (TPSA) is 42.8 Å². The highest BCUT2D eigenvalue weighted by molar-refractivity contribution is 5.91. The summed E-state index contributed by atoms with van der Waals surface area (Å²) in [7, 11) is 3.65. The molecule has 0 saturated carbocycles. The average molecular weight is 335 g/mol. The van der Waals surface area contributed by atoms with Crippen molar-refractivity contribution in [3.63, 3.8) is 0 Å². The number of fused-ring (bicyclic) bond motifs is 1. The molecule has 0 radical (unpaired) electrons. The zero-order valence-electron chi connectivity index (χ0n) is 14.6. The molecule has 3 aromatic rings. The van der Waals surface area contributed by atoms with Crippen LogP contribution in [0.5, 0.6) is 5.75 Å². The molecule has 0 heterocycles. The van der Waals surface area contributed by atoms with Gasteiger partial charge in [0.1, 0.15) is 12.3 Å². The molecular weight excluding hydrogens is 312 g/mol. The van der Waals surface area contributed by atoms with E-state index < -0.39 is 0 Å². The SMILES string of the molecule is COc1cccc(NC(=O)C[NH+](C)Cc2cccc3ccccc23)c1. The van der Waals surface area contributed by atoms with Crippen LogP contribution in [0.3, 0.4) is 0 Å². The number of carbonyl (C=O) groups excluding carboxylic acids is 1. The number of likely N-dealkylation sites (N-methyl/N-ethyl adjacent to an activating group) is 1. The number of carbonyl (C=O) groups is 1. The fourth-order valence-electron chi connectivity index (χ4n) is 3.01. The smallest absolute Gasteiger partial charge is 0.279 e. The number of rotatable bonds is 6. The Balaban J connectivity index is 1.63. The van der Waals surface area contributed by atoms with Crippen molar-refractivity contribution in [2.75, 3.05) is 26.0 Å². The maximum Gasteiger partial charge on any atom is 0.279 e. The number of amides is 1. The van der Waals surface area contributed by atoms with Crippen LogP contribution in [0.15, 0.2) is 66.7 Å². The minimum Gasteiger partial charge on any atom is -0.497 e. The van der Waals surface area contributed by atoms with Crippen molar-refractivity contribution in [3.05, 3.63) is 72.3 Å². The second-order valence-electron chi connectivity index (χ2n) is 6.23. The van der Waals surface area contributed by atoms with E-state index in [9.17, 15) is 4.79 Å². The van der Waals surface area contributed by atoms with E-state index in [0.717, 1.165) is 22.9 Å². The van der Waals surface area contributed by atoms with E-state index in [1.165, 1.54) is 16.3 Å². The summed E-state index contributed by atoms with van der Waals surface area (Å²) in [5, 5.41) is 5.41. The van der Waals surface area contributed by atoms with Crippen molar-refractivity contribution in [1.82, 2.24) is 0 Å². The number of hydrogen-bond acceptors (Lipinski definition) is 2. The van der Waals surface area contributed by atoms with Crippen molar-refractivity contribution in [3.8, 4) is 5.75 Å². The number of ether oxygens (including phenoxy) is 1. The van der Waals surface area contributed by atoms with Gasteiger partial charge in [0.05, 0.1) is 14.2 Å². The monoisotopic (exact) mass is 335 g/mol. The summed E-state index contributed by atoms with van der Waals surface area (Å²) in [5.41, 5.74) is 2.01. The van der Waals surface area contributed by atoms with E-state index in [0.29, 0.717) is 6.54 Å². The standard InChI is InChI=1S/C21H22N2O2/c1-23(14-17-9-5-8-16-7-3-4-12-20(16)17)15-21(24)22-18-10-6-11-19(13-18)25-2/h3-13H,14-15H2,1-2H3,(H,22,24)/p+1. The number of benzene rings is 3. The van der Waals surface area contributed by atoms with Crippen molar-refractivity contribution < 1.29 is 14.4 Å². The van der Waals surface area contributed by atoms with Gasteiger partial charge in [-0.1, -0.05) is 48.5 Å². The Bertz CT molecular complexity index is 871. The molecule has 0 aromatic heterocycles.